The lowest BCUT2D eigenvalue weighted by atomic mass is 10.4. The van der Waals surface area contributed by atoms with Gasteiger partial charge in [0.1, 0.15) is 5.70 Å². The van der Waals surface area contributed by atoms with Gasteiger partial charge >= 0.3 is 5.97 Å². The molecule has 0 aromatic carbocycles. The van der Waals surface area contributed by atoms with Crippen molar-refractivity contribution < 1.29 is 22.7 Å². The van der Waals surface area contributed by atoms with Gasteiger partial charge in [-0.05, 0) is 13.8 Å². The molecule has 0 amide bonds. The number of esters is 1. The Morgan fingerprint density at radius 2 is 2.00 bits per heavy atom. The van der Waals surface area contributed by atoms with Crippen molar-refractivity contribution in [2.45, 2.75) is 13.8 Å². The summed E-state index contributed by atoms with van der Waals surface area (Å²) in [7, 11) is -2.56. The number of nitrogens with one attached hydrogen (secondary N) is 1. The summed E-state index contributed by atoms with van der Waals surface area (Å²) in [4.78, 5) is 11.0. The van der Waals surface area contributed by atoms with Crippen molar-refractivity contribution in [3.63, 3.8) is 0 Å². The highest BCUT2D eigenvalue weighted by molar-refractivity contribution is 7.95. The molecule has 0 radical (unpaired) electrons. The van der Waals surface area contributed by atoms with Crippen LogP contribution in [0.3, 0.4) is 0 Å². The Morgan fingerprint density at radius 1 is 1.35 bits per heavy atom. The quantitative estimate of drug-likeness (QED) is 0.703. The summed E-state index contributed by atoms with van der Waals surface area (Å²) in [5.41, 5.74) is 0.0327. The van der Waals surface area contributed by atoms with Crippen molar-refractivity contribution in [1.82, 2.24) is 5.32 Å². The van der Waals surface area contributed by atoms with Crippen molar-refractivity contribution in [2.75, 3.05) is 20.3 Å². The molecule has 0 fully saturated rings. The van der Waals surface area contributed by atoms with Crippen LogP contribution in [0.2, 0.25) is 0 Å². The first-order valence-electron chi connectivity index (χ1n) is 5.05. The zero-order valence-corrected chi connectivity index (χ0v) is 10.6. The first kappa shape index (κ1) is 13.5. The number of sulfonamides is 1. The van der Waals surface area contributed by atoms with Crippen LogP contribution < -0.4 is 5.32 Å². The Bertz CT molecular complexity index is 478. The predicted octanol–water partition coefficient (Wildman–Crippen LogP) is -0.241. The molecule has 0 aromatic rings. The van der Waals surface area contributed by atoms with Gasteiger partial charge in [0.25, 0.3) is 15.9 Å². The largest absolute Gasteiger partial charge is 0.476 e. The average Bonchev–Trinajstić information content (AvgIpc) is 2.49. The van der Waals surface area contributed by atoms with E-state index in [0.29, 0.717) is 0 Å². The highest BCUT2D eigenvalue weighted by Gasteiger charge is 2.39. The molecule has 0 aliphatic carbocycles. The van der Waals surface area contributed by atoms with Gasteiger partial charge in [0.15, 0.2) is 0 Å². The molecule has 1 aliphatic heterocycles. The van der Waals surface area contributed by atoms with Crippen LogP contribution in [-0.4, -0.2) is 40.5 Å². The Labute approximate surface area is 99.6 Å². The van der Waals surface area contributed by atoms with E-state index in [2.05, 4.69) is 14.5 Å². The molecule has 0 bridgehead atoms. The van der Waals surface area contributed by atoms with Crippen LogP contribution in [0.1, 0.15) is 13.8 Å². The normalized spacial score (nSPS) is 17.7. The fourth-order valence-corrected chi connectivity index (χ4v) is 2.46. The van der Waals surface area contributed by atoms with Crippen LogP contribution in [0.15, 0.2) is 15.0 Å². The van der Waals surface area contributed by atoms with Gasteiger partial charge < -0.3 is 14.8 Å². The standard InChI is InChI=1S/C9H14N2O5S/c1-4-15-8-6(10-3)7(9(12)16-5-2)17(13,14)11-8/h10H,4-5H2,1-3H3. The van der Waals surface area contributed by atoms with Crippen LogP contribution in [0.5, 0.6) is 0 Å². The van der Waals surface area contributed by atoms with Crippen LogP contribution in [0.4, 0.5) is 0 Å². The second-order valence-corrected chi connectivity index (χ2v) is 4.52. The van der Waals surface area contributed by atoms with E-state index in [9.17, 15) is 13.2 Å². The number of likely N-dealkylation sites (N-methyl/N-ethyl adjacent to an activating group) is 1. The maximum Gasteiger partial charge on any atom is 0.354 e. The number of carbonyl (C=O) groups excluding carboxylic acids is 1. The third kappa shape index (κ3) is 2.57. The number of hydrogen-bond donors (Lipinski definition) is 1. The Hall–Kier alpha value is -1.57. The van der Waals surface area contributed by atoms with Crippen molar-refractivity contribution in [2.24, 2.45) is 4.40 Å². The van der Waals surface area contributed by atoms with Gasteiger partial charge in [0, 0.05) is 7.05 Å². The van der Waals surface area contributed by atoms with E-state index in [0.717, 1.165) is 0 Å². The van der Waals surface area contributed by atoms with Crippen molar-refractivity contribution >= 4 is 21.9 Å². The van der Waals surface area contributed by atoms with Gasteiger partial charge in [-0.15, -0.1) is 4.40 Å². The Morgan fingerprint density at radius 3 is 2.47 bits per heavy atom. The second-order valence-electron chi connectivity index (χ2n) is 2.98. The van der Waals surface area contributed by atoms with E-state index in [-0.39, 0.29) is 24.8 Å². The molecule has 0 saturated heterocycles. The summed E-state index contributed by atoms with van der Waals surface area (Å²) < 4.78 is 36.4. The van der Waals surface area contributed by atoms with Crippen molar-refractivity contribution in [1.29, 1.82) is 0 Å². The molecule has 1 N–H and O–H groups in total. The van der Waals surface area contributed by atoms with Crippen molar-refractivity contribution in [3.8, 4) is 0 Å². The smallest absolute Gasteiger partial charge is 0.354 e. The summed E-state index contributed by atoms with van der Waals surface area (Å²) >= 11 is 0. The van der Waals surface area contributed by atoms with Gasteiger partial charge in [-0.3, -0.25) is 0 Å². The van der Waals surface area contributed by atoms with Gasteiger partial charge in [-0.1, -0.05) is 0 Å². The SMILES string of the molecule is CCOC(=O)C1=C(NC)C(OCC)=NS1(=O)=O. The molecule has 8 heteroatoms. The first-order valence-corrected chi connectivity index (χ1v) is 6.49. The summed E-state index contributed by atoms with van der Waals surface area (Å²) in [5.74, 6) is -1.05. The minimum atomic E-state index is -4.04. The van der Waals surface area contributed by atoms with E-state index in [4.69, 9.17) is 4.74 Å². The summed E-state index contributed by atoms with van der Waals surface area (Å²) in [6, 6.07) is 0. The monoisotopic (exact) mass is 262 g/mol. The van der Waals surface area contributed by atoms with Crippen LogP contribution in [0, 0.1) is 0 Å². The molecule has 7 nitrogen and oxygen atoms in total. The first-order chi connectivity index (χ1) is 7.97. The van der Waals surface area contributed by atoms with E-state index >= 15 is 0 Å². The molecular formula is C9H14N2O5S. The minimum Gasteiger partial charge on any atom is -0.476 e. The lowest BCUT2D eigenvalue weighted by Gasteiger charge is -2.07. The number of hydrogen-bond acceptors (Lipinski definition) is 6. The maximum absolute atomic E-state index is 11.7. The van der Waals surface area contributed by atoms with Crippen LogP contribution >= 0.6 is 0 Å². The molecule has 17 heavy (non-hydrogen) atoms. The Balaban J connectivity index is 3.23. The summed E-state index contributed by atoms with van der Waals surface area (Å²) in [6.45, 7) is 3.60. The third-order valence-electron chi connectivity index (χ3n) is 1.89. The van der Waals surface area contributed by atoms with Crippen LogP contribution in [-0.2, 0) is 24.3 Å². The molecule has 0 saturated carbocycles. The second kappa shape index (κ2) is 5.17. The molecule has 1 aliphatic rings. The fourth-order valence-electron chi connectivity index (χ4n) is 1.29. The fraction of sp³-hybridized carbons (Fsp3) is 0.556. The lowest BCUT2D eigenvalue weighted by Crippen LogP contribution is -2.22. The van der Waals surface area contributed by atoms with E-state index in [1.807, 2.05) is 0 Å². The van der Waals surface area contributed by atoms with Gasteiger partial charge in [0.05, 0.1) is 13.2 Å². The number of nitrogens with zero attached hydrogens (tertiary/aromatic N) is 1. The third-order valence-corrected chi connectivity index (χ3v) is 3.19. The average molecular weight is 262 g/mol. The van der Waals surface area contributed by atoms with Gasteiger partial charge in [0.2, 0.25) is 4.91 Å². The highest BCUT2D eigenvalue weighted by atomic mass is 32.2. The summed E-state index contributed by atoms with van der Waals surface area (Å²) in [6.07, 6.45) is 0. The zero-order chi connectivity index (χ0) is 13.1. The molecule has 1 heterocycles. The zero-order valence-electron chi connectivity index (χ0n) is 9.81. The molecule has 1 rings (SSSR count). The number of rotatable bonds is 4. The highest BCUT2D eigenvalue weighted by Crippen LogP contribution is 2.23. The van der Waals surface area contributed by atoms with Crippen LogP contribution in [0.25, 0.3) is 0 Å². The number of ether oxygens (including phenoxy) is 2. The van der Waals surface area contributed by atoms with E-state index in [1.54, 1.807) is 13.8 Å². The maximum atomic E-state index is 11.7. The van der Waals surface area contributed by atoms with E-state index in [1.165, 1.54) is 7.05 Å². The topological polar surface area (TPSA) is 94.1 Å². The van der Waals surface area contributed by atoms with Crippen molar-refractivity contribution in [3.05, 3.63) is 10.6 Å². The minimum absolute atomic E-state index is 0.0327. The Kier molecular flexibility index (Phi) is 4.11. The molecular weight excluding hydrogens is 248 g/mol. The lowest BCUT2D eigenvalue weighted by molar-refractivity contribution is -0.137. The molecule has 0 unspecified atom stereocenters. The molecule has 0 aromatic heterocycles. The summed E-state index contributed by atoms with van der Waals surface area (Å²) in [5, 5.41) is 2.59. The van der Waals surface area contributed by atoms with Gasteiger partial charge in [-0.25, -0.2) is 4.79 Å². The molecule has 0 spiro atoms. The molecule has 0 atom stereocenters. The number of carbonyl (C=O) groups is 1. The van der Waals surface area contributed by atoms with Gasteiger partial charge in [-0.2, -0.15) is 8.42 Å². The molecule has 96 valence electrons. The van der Waals surface area contributed by atoms with E-state index < -0.39 is 20.9 Å². The predicted molar refractivity (Wildman–Crippen MR) is 60.7 cm³/mol.